The minimum Gasteiger partial charge on any atom is -0.381 e. The molecule has 0 aliphatic carbocycles. The number of nitrogens with zero attached hydrogens (tertiary/aromatic N) is 3. The third-order valence-electron chi connectivity index (χ3n) is 4.12. The second-order valence-electron chi connectivity index (χ2n) is 5.60. The standard InChI is InChI=1S/C13H21N3O2/c1-15(2)11-8-16(9-11)12(17)7-13(10-14)3-5-18-6-4-13/h11H,3-9H2,1-2H3. The van der Waals surface area contributed by atoms with Crippen molar-refractivity contribution < 1.29 is 9.53 Å². The van der Waals surface area contributed by atoms with Gasteiger partial charge in [0.25, 0.3) is 0 Å². The molecule has 18 heavy (non-hydrogen) atoms. The first-order valence-corrected chi connectivity index (χ1v) is 6.49. The maximum atomic E-state index is 12.1. The summed E-state index contributed by atoms with van der Waals surface area (Å²) in [6.07, 6.45) is 1.72. The van der Waals surface area contributed by atoms with E-state index in [-0.39, 0.29) is 5.91 Å². The van der Waals surface area contributed by atoms with E-state index in [1.807, 2.05) is 19.0 Å². The van der Waals surface area contributed by atoms with E-state index < -0.39 is 5.41 Å². The van der Waals surface area contributed by atoms with Crippen LogP contribution >= 0.6 is 0 Å². The number of likely N-dealkylation sites (tertiary alicyclic amines) is 1. The van der Waals surface area contributed by atoms with Crippen molar-refractivity contribution in [2.24, 2.45) is 5.41 Å². The summed E-state index contributed by atoms with van der Waals surface area (Å²) in [7, 11) is 4.06. The van der Waals surface area contributed by atoms with E-state index in [1.54, 1.807) is 0 Å². The van der Waals surface area contributed by atoms with Crippen molar-refractivity contribution in [2.45, 2.75) is 25.3 Å². The van der Waals surface area contributed by atoms with E-state index in [9.17, 15) is 10.1 Å². The van der Waals surface area contributed by atoms with Crippen LogP contribution in [-0.4, -0.2) is 62.1 Å². The summed E-state index contributed by atoms with van der Waals surface area (Å²) < 4.78 is 5.27. The normalized spacial score (nSPS) is 23.6. The zero-order valence-electron chi connectivity index (χ0n) is 11.2. The Hall–Kier alpha value is -1.12. The number of carbonyl (C=O) groups is 1. The number of ether oxygens (including phenoxy) is 1. The van der Waals surface area contributed by atoms with Crippen LogP contribution in [0, 0.1) is 16.7 Å². The minimum atomic E-state index is -0.488. The lowest BCUT2D eigenvalue weighted by molar-refractivity contribution is -0.140. The number of hydrogen-bond acceptors (Lipinski definition) is 4. The first-order chi connectivity index (χ1) is 8.56. The molecule has 2 rings (SSSR count). The lowest BCUT2D eigenvalue weighted by Crippen LogP contribution is -2.59. The number of carbonyl (C=O) groups excluding carboxylic acids is 1. The molecular weight excluding hydrogens is 230 g/mol. The van der Waals surface area contributed by atoms with Gasteiger partial charge >= 0.3 is 0 Å². The summed E-state index contributed by atoms with van der Waals surface area (Å²) >= 11 is 0. The maximum absolute atomic E-state index is 12.1. The molecule has 2 fully saturated rings. The molecule has 0 unspecified atom stereocenters. The van der Waals surface area contributed by atoms with Crippen LogP contribution in [0.15, 0.2) is 0 Å². The third kappa shape index (κ3) is 2.65. The highest BCUT2D eigenvalue weighted by Gasteiger charge is 2.39. The molecule has 0 atom stereocenters. The zero-order chi connectivity index (χ0) is 13.2. The number of amides is 1. The summed E-state index contributed by atoms with van der Waals surface area (Å²) in [4.78, 5) is 16.1. The number of rotatable bonds is 3. The molecule has 0 saturated carbocycles. The average molecular weight is 251 g/mol. The molecule has 0 N–H and O–H groups in total. The molecule has 0 aromatic rings. The molecular formula is C13H21N3O2. The highest BCUT2D eigenvalue weighted by atomic mass is 16.5. The van der Waals surface area contributed by atoms with Gasteiger partial charge in [0.2, 0.25) is 5.91 Å². The molecule has 2 aliphatic rings. The smallest absolute Gasteiger partial charge is 0.224 e. The summed E-state index contributed by atoms with van der Waals surface area (Å²) in [5, 5.41) is 9.32. The fraction of sp³-hybridized carbons (Fsp3) is 0.846. The fourth-order valence-corrected chi connectivity index (χ4v) is 2.48. The van der Waals surface area contributed by atoms with Gasteiger partial charge in [-0.25, -0.2) is 0 Å². The van der Waals surface area contributed by atoms with Crippen LogP contribution < -0.4 is 0 Å². The van der Waals surface area contributed by atoms with Crippen molar-refractivity contribution in [1.29, 1.82) is 5.26 Å². The van der Waals surface area contributed by atoms with Crippen LogP contribution in [0.1, 0.15) is 19.3 Å². The molecule has 5 nitrogen and oxygen atoms in total. The fourth-order valence-electron chi connectivity index (χ4n) is 2.48. The topological polar surface area (TPSA) is 56.6 Å². The van der Waals surface area contributed by atoms with E-state index >= 15 is 0 Å². The molecule has 0 radical (unpaired) electrons. The summed E-state index contributed by atoms with van der Waals surface area (Å²) in [5.41, 5.74) is -0.488. The Kier molecular flexibility index (Phi) is 3.88. The molecule has 0 bridgehead atoms. The van der Waals surface area contributed by atoms with Gasteiger partial charge in [-0.1, -0.05) is 0 Å². The predicted molar refractivity (Wildman–Crippen MR) is 66.8 cm³/mol. The second kappa shape index (κ2) is 5.25. The van der Waals surface area contributed by atoms with Crippen LogP contribution in [-0.2, 0) is 9.53 Å². The first-order valence-electron chi connectivity index (χ1n) is 6.49. The van der Waals surface area contributed by atoms with Gasteiger partial charge in [0, 0.05) is 38.8 Å². The van der Waals surface area contributed by atoms with Crippen LogP contribution in [0.5, 0.6) is 0 Å². The van der Waals surface area contributed by atoms with Crippen LogP contribution in [0.4, 0.5) is 0 Å². The lowest BCUT2D eigenvalue weighted by atomic mass is 9.78. The van der Waals surface area contributed by atoms with E-state index in [0.29, 0.717) is 38.5 Å². The Labute approximate surface area is 108 Å². The van der Waals surface area contributed by atoms with Gasteiger partial charge in [-0.3, -0.25) is 4.79 Å². The van der Waals surface area contributed by atoms with Crippen molar-refractivity contribution in [3.05, 3.63) is 0 Å². The van der Waals surface area contributed by atoms with E-state index in [1.165, 1.54) is 0 Å². The zero-order valence-corrected chi connectivity index (χ0v) is 11.2. The quantitative estimate of drug-likeness (QED) is 0.731. The predicted octanol–water partition coefficient (Wildman–Crippen LogP) is 0.469. The molecule has 0 aromatic carbocycles. The molecule has 1 amide bonds. The Morgan fingerprint density at radius 1 is 1.44 bits per heavy atom. The average Bonchev–Trinajstić information content (AvgIpc) is 2.27. The lowest BCUT2D eigenvalue weighted by Gasteiger charge is -2.44. The highest BCUT2D eigenvalue weighted by molar-refractivity contribution is 5.78. The number of hydrogen-bond donors (Lipinski definition) is 0. The van der Waals surface area contributed by atoms with Crippen molar-refractivity contribution in [3.63, 3.8) is 0 Å². The van der Waals surface area contributed by atoms with Crippen molar-refractivity contribution >= 4 is 5.91 Å². The SMILES string of the molecule is CN(C)C1CN(C(=O)CC2(C#N)CCOCC2)C1. The van der Waals surface area contributed by atoms with Gasteiger partial charge in [-0.05, 0) is 26.9 Å². The Morgan fingerprint density at radius 2 is 2.06 bits per heavy atom. The summed E-state index contributed by atoms with van der Waals surface area (Å²) in [6, 6.07) is 2.82. The van der Waals surface area contributed by atoms with Crippen LogP contribution in [0.25, 0.3) is 0 Å². The van der Waals surface area contributed by atoms with Gasteiger partial charge in [0.05, 0.1) is 11.5 Å². The molecule has 100 valence electrons. The van der Waals surface area contributed by atoms with Crippen LogP contribution in [0.2, 0.25) is 0 Å². The summed E-state index contributed by atoms with van der Waals surface area (Å²) in [6.45, 7) is 2.79. The second-order valence-corrected chi connectivity index (χ2v) is 5.60. The highest BCUT2D eigenvalue weighted by Crippen LogP contribution is 2.34. The molecule has 0 spiro atoms. The van der Waals surface area contributed by atoms with E-state index in [4.69, 9.17) is 4.74 Å². The van der Waals surface area contributed by atoms with E-state index in [2.05, 4.69) is 11.0 Å². The number of nitriles is 1. The summed E-state index contributed by atoms with van der Waals surface area (Å²) in [5.74, 6) is 0.122. The van der Waals surface area contributed by atoms with E-state index in [0.717, 1.165) is 13.1 Å². The van der Waals surface area contributed by atoms with Crippen molar-refractivity contribution in [2.75, 3.05) is 40.4 Å². The van der Waals surface area contributed by atoms with Gasteiger partial charge in [0.15, 0.2) is 0 Å². The van der Waals surface area contributed by atoms with Gasteiger partial charge < -0.3 is 14.5 Å². The maximum Gasteiger partial charge on any atom is 0.224 e. The molecule has 2 aliphatic heterocycles. The van der Waals surface area contributed by atoms with Crippen molar-refractivity contribution in [1.82, 2.24) is 9.80 Å². The minimum absolute atomic E-state index is 0.122. The number of likely N-dealkylation sites (N-methyl/N-ethyl adjacent to an activating group) is 1. The van der Waals surface area contributed by atoms with Gasteiger partial charge in [0.1, 0.15) is 0 Å². The Morgan fingerprint density at radius 3 is 2.56 bits per heavy atom. The molecule has 5 heteroatoms. The van der Waals surface area contributed by atoms with Gasteiger partial charge in [-0.15, -0.1) is 0 Å². The first kappa shape index (κ1) is 13.3. The van der Waals surface area contributed by atoms with Gasteiger partial charge in [-0.2, -0.15) is 5.26 Å². The molecule has 2 saturated heterocycles. The van der Waals surface area contributed by atoms with Crippen molar-refractivity contribution in [3.8, 4) is 6.07 Å². The largest absolute Gasteiger partial charge is 0.381 e. The Bertz CT molecular complexity index is 350. The monoisotopic (exact) mass is 251 g/mol. The van der Waals surface area contributed by atoms with Crippen LogP contribution in [0.3, 0.4) is 0 Å². The molecule has 0 aromatic heterocycles. The Balaban J connectivity index is 1.86. The molecule has 2 heterocycles. The third-order valence-corrected chi connectivity index (χ3v) is 4.12.